The largest absolute Gasteiger partial charge is 0.441 e. The number of aromatic nitrogens is 1. The Morgan fingerprint density at radius 2 is 1.75 bits per heavy atom. The lowest BCUT2D eigenvalue weighted by Crippen LogP contribution is -2.27. The van der Waals surface area contributed by atoms with E-state index in [1.807, 2.05) is 48.5 Å². The van der Waals surface area contributed by atoms with Crippen LogP contribution in [0, 0.1) is 6.92 Å². The standard InChI is InChI=1S/C20H18N2O2/c1-13-18(22-20(24-13)15-10-6-3-7-11-15)19(23)21-17-12-16(17)14-8-4-2-5-9-14/h2-11,16-17H,12H2,1H3,(H,21,23)/t16-,17-/m0/s1. The van der Waals surface area contributed by atoms with Crippen LogP contribution in [-0.2, 0) is 0 Å². The number of rotatable bonds is 4. The maximum Gasteiger partial charge on any atom is 0.273 e. The SMILES string of the molecule is Cc1oc(-c2ccccc2)nc1C(=O)N[C@H]1C[C@H]1c1ccccc1. The highest BCUT2D eigenvalue weighted by atomic mass is 16.4. The molecule has 3 aromatic rings. The van der Waals surface area contributed by atoms with Gasteiger partial charge in [0.2, 0.25) is 5.89 Å². The Labute approximate surface area is 140 Å². The van der Waals surface area contributed by atoms with Gasteiger partial charge in [-0.25, -0.2) is 4.98 Å². The van der Waals surface area contributed by atoms with Crippen LogP contribution in [-0.4, -0.2) is 16.9 Å². The molecule has 1 N–H and O–H groups in total. The maximum atomic E-state index is 12.5. The number of carbonyl (C=O) groups is 1. The average Bonchev–Trinajstić information content (AvgIpc) is 3.27. The molecule has 1 amide bonds. The summed E-state index contributed by atoms with van der Waals surface area (Å²) in [6.07, 6.45) is 0.970. The second kappa shape index (κ2) is 5.96. The van der Waals surface area contributed by atoms with Crippen molar-refractivity contribution in [2.45, 2.75) is 25.3 Å². The predicted octanol–water partition coefficient (Wildman–Crippen LogP) is 3.94. The molecule has 0 radical (unpaired) electrons. The number of hydrogen-bond donors (Lipinski definition) is 1. The fraction of sp³-hybridized carbons (Fsp3) is 0.200. The quantitative estimate of drug-likeness (QED) is 0.793. The van der Waals surface area contributed by atoms with Crippen molar-refractivity contribution in [1.29, 1.82) is 0 Å². The molecule has 1 aliphatic carbocycles. The van der Waals surface area contributed by atoms with E-state index < -0.39 is 0 Å². The van der Waals surface area contributed by atoms with Crippen LogP contribution in [0.2, 0.25) is 0 Å². The summed E-state index contributed by atoms with van der Waals surface area (Å²) in [6, 6.07) is 20.0. The minimum atomic E-state index is -0.165. The smallest absolute Gasteiger partial charge is 0.273 e. The molecule has 2 aromatic carbocycles. The Balaban J connectivity index is 1.47. The fourth-order valence-electron chi connectivity index (χ4n) is 2.97. The molecule has 4 nitrogen and oxygen atoms in total. The van der Waals surface area contributed by atoms with Gasteiger partial charge in [0.15, 0.2) is 5.69 Å². The van der Waals surface area contributed by atoms with Gasteiger partial charge in [-0.05, 0) is 31.0 Å². The minimum absolute atomic E-state index is 0.165. The van der Waals surface area contributed by atoms with Gasteiger partial charge in [-0.3, -0.25) is 4.79 Å². The van der Waals surface area contributed by atoms with E-state index in [1.54, 1.807) is 6.92 Å². The molecule has 0 saturated heterocycles. The summed E-state index contributed by atoms with van der Waals surface area (Å²) >= 11 is 0. The Morgan fingerprint density at radius 3 is 2.46 bits per heavy atom. The molecule has 120 valence electrons. The molecular weight excluding hydrogens is 300 g/mol. The second-order valence-electron chi connectivity index (χ2n) is 6.12. The Kier molecular flexibility index (Phi) is 3.65. The Morgan fingerprint density at radius 1 is 1.08 bits per heavy atom. The first kappa shape index (κ1) is 14.7. The minimum Gasteiger partial charge on any atom is -0.441 e. The summed E-state index contributed by atoms with van der Waals surface area (Å²) in [4.78, 5) is 16.9. The Hall–Kier alpha value is -2.88. The number of oxazole rings is 1. The van der Waals surface area contributed by atoms with Gasteiger partial charge in [-0.2, -0.15) is 0 Å². The number of amides is 1. The molecule has 1 aromatic heterocycles. The molecule has 0 spiro atoms. The molecule has 0 unspecified atom stereocenters. The van der Waals surface area contributed by atoms with Crippen LogP contribution in [0.5, 0.6) is 0 Å². The first-order chi connectivity index (χ1) is 11.7. The topological polar surface area (TPSA) is 55.1 Å². The highest BCUT2D eigenvalue weighted by molar-refractivity contribution is 5.94. The third kappa shape index (κ3) is 2.83. The third-order valence-corrected chi connectivity index (χ3v) is 4.37. The summed E-state index contributed by atoms with van der Waals surface area (Å²) in [6.45, 7) is 1.77. The lowest BCUT2D eigenvalue weighted by atomic mass is 10.1. The molecule has 24 heavy (non-hydrogen) atoms. The molecular formula is C20H18N2O2. The summed E-state index contributed by atoms with van der Waals surface area (Å²) in [7, 11) is 0. The van der Waals surface area contributed by atoms with Crippen molar-refractivity contribution in [2.75, 3.05) is 0 Å². The van der Waals surface area contributed by atoms with Crippen molar-refractivity contribution in [3.05, 3.63) is 77.7 Å². The van der Waals surface area contributed by atoms with Crippen LogP contribution < -0.4 is 5.32 Å². The van der Waals surface area contributed by atoms with Crippen LogP contribution >= 0.6 is 0 Å². The van der Waals surface area contributed by atoms with Gasteiger partial charge < -0.3 is 9.73 Å². The van der Waals surface area contributed by atoms with Crippen molar-refractivity contribution in [3.63, 3.8) is 0 Å². The lowest BCUT2D eigenvalue weighted by Gasteiger charge is -2.03. The maximum absolute atomic E-state index is 12.5. The first-order valence-corrected chi connectivity index (χ1v) is 8.11. The first-order valence-electron chi connectivity index (χ1n) is 8.11. The molecule has 0 bridgehead atoms. The zero-order valence-electron chi connectivity index (χ0n) is 13.4. The second-order valence-corrected chi connectivity index (χ2v) is 6.12. The summed E-state index contributed by atoms with van der Waals surface area (Å²) in [5.41, 5.74) is 2.51. The van der Waals surface area contributed by atoms with Gasteiger partial charge in [0, 0.05) is 17.5 Å². The van der Waals surface area contributed by atoms with Crippen LogP contribution in [0.15, 0.2) is 65.1 Å². The van der Waals surface area contributed by atoms with Crippen molar-refractivity contribution in [2.24, 2.45) is 0 Å². The van der Waals surface area contributed by atoms with Crippen LogP contribution in [0.1, 0.15) is 34.2 Å². The van der Waals surface area contributed by atoms with E-state index in [0.29, 0.717) is 23.3 Å². The number of carbonyl (C=O) groups excluding carboxylic acids is 1. The molecule has 1 saturated carbocycles. The van der Waals surface area contributed by atoms with Crippen LogP contribution in [0.4, 0.5) is 0 Å². The molecule has 1 fully saturated rings. The zero-order chi connectivity index (χ0) is 16.5. The molecule has 4 rings (SSSR count). The fourth-order valence-corrected chi connectivity index (χ4v) is 2.97. The zero-order valence-corrected chi connectivity index (χ0v) is 13.4. The van der Waals surface area contributed by atoms with Crippen LogP contribution in [0.25, 0.3) is 11.5 Å². The van der Waals surface area contributed by atoms with E-state index in [-0.39, 0.29) is 11.9 Å². The summed E-state index contributed by atoms with van der Waals surface area (Å²) in [5.74, 6) is 1.26. The van der Waals surface area contributed by atoms with Crippen molar-refractivity contribution in [1.82, 2.24) is 10.3 Å². The number of aryl methyl sites for hydroxylation is 1. The molecule has 2 atom stereocenters. The summed E-state index contributed by atoms with van der Waals surface area (Å²) < 4.78 is 5.66. The van der Waals surface area contributed by atoms with E-state index >= 15 is 0 Å². The monoisotopic (exact) mass is 318 g/mol. The molecule has 1 heterocycles. The molecule has 4 heteroatoms. The van der Waals surface area contributed by atoms with Gasteiger partial charge in [-0.1, -0.05) is 48.5 Å². The van der Waals surface area contributed by atoms with E-state index in [1.165, 1.54) is 5.56 Å². The highest BCUT2D eigenvalue weighted by Crippen LogP contribution is 2.40. The van der Waals surface area contributed by atoms with Crippen LogP contribution in [0.3, 0.4) is 0 Å². The highest BCUT2D eigenvalue weighted by Gasteiger charge is 2.40. The van der Waals surface area contributed by atoms with Gasteiger partial charge in [0.1, 0.15) is 5.76 Å². The Bertz CT molecular complexity index is 856. The number of nitrogens with one attached hydrogen (secondary N) is 1. The lowest BCUT2D eigenvalue weighted by molar-refractivity contribution is 0.0944. The van der Waals surface area contributed by atoms with Crippen molar-refractivity contribution < 1.29 is 9.21 Å². The van der Waals surface area contributed by atoms with Gasteiger partial charge in [0.05, 0.1) is 0 Å². The molecule has 0 aliphatic heterocycles. The van der Waals surface area contributed by atoms with E-state index in [2.05, 4.69) is 22.4 Å². The van der Waals surface area contributed by atoms with E-state index in [4.69, 9.17) is 4.42 Å². The van der Waals surface area contributed by atoms with Gasteiger partial charge in [-0.15, -0.1) is 0 Å². The van der Waals surface area contributed by atoms with Gasteiger partial charge >= 0.3 is 0 Å². The predicted molar refractivity (Wildman–Crippen MR) is 91.7 cm³/mol. The molecule has 1 aliphatic rings. The van der Waals surface area contributed by atoms with E-state index in [0.717, 1.165) is 12.0 Å². The third-order valence-electron chi connectivity index (χ3n) is 4.37. The number of benzene rings is 2. The van der Waals surface area contributed by atoms with Crippen molar-refractivity contribution >= 4 is 5.91 Å². The normalized spacial score (nSPS) is 19.0. The van der Waals surface area contributed by atoms with Crippen molar-refractivity contribution in [3.8, 4) is 11.5 Å². The summed E-state index contributed by atoms with van der Waals surface area (Å²) in [5, 5.41) is 3.06. The number of nitrogens with zero attached hydrogens (tertiary/aromatic N) is 1. The number of hydrogen-bond acceptors (Lipinski definition) is 3. The van der Waals surface area contributed by atoms with Gasteiger partial charge in [0.25, 0.3) is 5.91 Å². The average molecular weight is 318 g/mol. The van der Waals surface area contributed by atoms with E-state index in [9.17, 15) is 4.79 Å².